The van der Waals surface area contributed by atoms with Crippen molar-refractivity contribution in [3.05, 3.63) is 42.4 Å². The minimum atomic E-state index is 0.183. The van der Waals surface area contributed by atoms with Crippen LogP contribution in [0.15, 0.2) is 36.5 Å². The van der Waals surface area contributed by atoms with Gasteiger partial charge >= 0.3 is 0 Å². The lowest BCUT2D eigenvalue weighted by atomic mass is 10.1. The van der Waals surface area contributed by atoms with Crippen LogP contribution in [-0.2, 0) is 4.79 Å². The molecule has 2 heterocycles. The van der Waals surface area contributed by atoms with Crippen LogP contribution in [0.2, 0.25) is 0 Å². The van der Waals surface area contributed by atoms with E-state index in [1.54, 1.807) is 0 Å². The molecule has 3 rings (SSSR count). The van der Waals surface area contributed by atoms with Gasteiger partial charge in [-0.3, -0.25) is 4.79 Å². The monoisotopic (exact) mass is 269 g/mol. The summed E-state index contributed by atoms with van der Waals surface area (Å²) < 4.78 is 0. The second-order valence-corrected chi connectivity index (χ2v) is 5.59. The quantitative estimate of drug-likeness (QED) is 0.931. The lowest BCUT2D eigenvalue weighted by Crippen LogP contribution is -2.31. The second-order valence-electron chi connectivity index (χ2n) is 5.59. The van der Waals surface area contributed by atoms with Gasteiger partial charge in [0.05, 0.1) is 11.9 Å². The molecule has 1 aliphatic heterocycles. The molecule has 0 spiro atoms. The Balaban J connectivity index is 1.80. The number of H-pyrrole nitrogens is 1. The van der Waals surface area contributed by atoms with E-state index in [2.05, 4.69) is 35.9 Å². The summed E-state index contributed by atoms with van der Waals surface area (Å²) >= 11 is 0. The number of rotatable bonds is 3. The Morgan fingerprint density at radius 1 is 1.30 bits per heavy atom. The fourth-order valence-electron chi connectivity index (χ4n) is 2.72. The summed E-state index contributed by atoms with van der Waals surface area (Å²) in [5.74, 6) is 1.32. The van der Waals surface area contributed by atoms with Crippen molar-refractivity contribution in [2.24, 2.45) is 0 Å². The molecule has 0 bridgehead atoms. The van der Waals surface area contributed by atoms with Crippen LogP contribution in [-0.4, -0.2) is 33.4 Å². The number of hydrogen-bond donors (Lipinski definition) is 1. The predicted octanol–water partition coefficient (Wildman–Crippen LogP) is 2.80. The number of carbonyl (C=O) groups excluding carboxylic acids is 1. The molecule has 1 saturated heterocycles. The third-order valence-electron chi connectivity index (χ3n) is 3.85. The van der Waals surface area contributed by atoms with Crippen molar-refractivity contribution in [3.63, 3.8) is 0 Å². The number of aromatic nitrogens is 2. The van der Waals surface area contributed by atoms with E-state index in [0.29, 0.717) is 6.42 Å². The number of amides is 1. The van der Waals surface area contributed by atoms with E-state index < -0.39 is 0 Å². The molecule has 1 fully saturated rings. The van der Waals surface area contributed by atoms with Crippen LogP contribution < -0.4 is 0 Å². The van der Waals surface area contributed by atoms with Gasteiger partial charge in [-0.15, -0.1) is 0 Å². The molecule has 1 atom stereocenters. The Kier molecular flexibility index (Phi) is 3.30. The standard InChI is InChI=1S/C16H19N3O/c1-11(2)19-10-13(8-15(19)20)16-17-9-14(18-16)12-6-4-3-5-7-12/h3-7,9,11,13H,8,10H2,1-2H3,(H,17,18)/t13-/m0/s1. The van der Waals surface area contributed by atoms with Gasteiger partial charge in [-0.25, -0.2) is 4.98 Å². The maximum absolute atomic E-state index is 12.0. The molecule has 104 valence electrons. The third kappa shape index (κ3) is 2.33. The Morgan fingerprint density at radius 2 is 2.05 bits per heavy atom. The Labute approximate surface area is 118 Å². The number of benzene rings is 1. The fourth-order valence-corrected chi connectivity index (χ4v) is 2.72. The zero-order valence-corrected chi connectivity index (χ0v) is 11.8. The van der Waals surface area contributed by atoms with Crippen LogP contribution in [0.4, 0.5) is 0 Å². The van der Waals surface area contributed by atoms with E-state index in [1.165, 1.54) is 0 Å². The van der Waals surface area contributed by atoms with Crippen LogP contribution >= 0.6 is 0 Å². The summed E-state index contributed by atoms with van der Waals surface area (Å²) in [6, 6.07) is 10.4. The van der Waals surface area contributed by atoms with Crippen LogP contribution in [0.5, 0.6) is 0 Å². The number of nitrogens with zero attached hydrogens (tertiary/aromatic N) is 2. The Hall–Kier alpha value is -2.10. The molecule has 4 nitrogen and oxygen atoms in total. The van der Waals surface area contributed by atoms with Gasteiger partial charge in [0.2, 0.25) is 5.91 Å². The first kappa shape index (κ1) is 12.9. The first-order chi connectivity index (χ1) is 9.65. The fraction of sp³-hybridized carbons (Fsp3) is 0.375. The molecular formula is C16H19N3O. The van der Waals surface area contributed by atoms with Crippen LogP contribution in [0, 0.1) is 0 Å². The van der Waals surface area contributed by atoms with Crippen LogP contribution in [0.25, 0.3) is 11.3 Å². The molecule has 1 N–H and O–H groups in total. The van der Waals surface area contributed by atoms with Crippen LogP contribution in [0.3, 0.4) is 0 Å². The summed E-state index contributed by atoms with van der Waals surface area (Å²) in [4.78, 5) is 21.7. The molecule has 1 amide bonds. The van der Waals surface area contributed by atoms with Crippen molar-refractivity contribution in [1.82, 2.24) is 14.9 Å². The van der Waals surface area contributed by atoms with Gasteiger partial charge in [-0.2, -0.15) is 0 Å². The molecule has 20 heavy (non-hydrogen) atoms. The van der Waals surface area contributed by atoms with Gasteiger partial charge in [0, 0.05) is 24.9 Å². The van der Waals surface area contributed by atoms with Crippen molar-refractivity contribution in [2.45, 2.75) is 32.2 Å². The summed E-state index contributed by atoms with van der Waals surface area (Å²) in [7, 11) is 0. The van der Waals surface area contributed by atoms with Crippen molar-refractivity contribution in [2.75, 3.05) is 6.54 Å². The van der Waals surface area contributed by atoms with Gasteiger partial charge in [0.15, 0.2) is 0 Å². The number of imidazole rings is 1. The van der Waals surface area contributed by atoms with Gasteiger partial charge < -0.3 is 9.88 Å². The normalized spacial score (nSPS) is 19.1. The summed E-state index contributed by atoms with van der Waals surface area (Å²) in [6.07, 6.45) is 2.41. The SMILES string of the molecule is CC(C)N1C[C@@H](c2ncc(-c3ccccc3)[nH]2)CC1=O. The average molecular weight is 269 g/mol. The van der Waals surface area contributed by atoms with E-state index in [4.69, 9.17) is 0 Å². The molecule has 1 aromatic carbocycles. The smallest absolute Gasteiger partial charge is 0.223 e. The predicted molar refractivity (Wildman–Crippen MR) is 78.2 cm³/mol. The molecule has 1 aromatic heterocycles. The van der Waals surface area contributed by atoms with E-state index in [-0.39, 0.29) is 17.9 Å². The summed E-state index contributed by atoms with van der Waals surface area (Å²) in [6.45, 7) is 4.87. The number of hydrogen-bond acceptors (Lipinski definition) is 2. The average Bonchev–Trinajstić information content (AvgIpc) is 3.06. The maximum atomic E-state index is 12.0. The minimum Gasteiger partial charge on any atom is -0.342 e. The van der Waals surface area contributed by atoms with Crippen molar-refractivity contribution in [1.29, 1.82) is 0 Å². The molecule has 4 heteroatoms. The van der Waals surface area contributed by atoms with E-state index in [0.717, 1.165) is 23.6 Å². The van der Waals surface area contributed by atoms with E-state index >= 15 is 0 Å². The zero-order valence-electron chi connectivity index (χ0n) is 11.8. The molecule has 0 aliphatic carbocycles. The van der Waals surface area contributed by atoms with Crippen LogP contribution in [0.1, 0.15) is 32.0 Å². The first-order valence-corrected chi connectivity index (χ1v) is 7.05. The summed E-state index contributed by atoms with van der Waals surface area (Å²) in [5, 5.41) is 0. The number of likely N-dealkylation sites (tertiary alicyclic amines) is 1. The molecule has 1 aliphatic rings. The van der Waals surface area contributed by atoms with E-state index in [9.17, 15) is 4.79 Å². The zero-order chi connectivity index (χ0) is 14.1. The Bertz CT molecular complexity index is 603. The number of aromatic amines is 1. The maximum Gasteiger partial charge on any atom is 0.223 e. The van der Waals surface area contributed by atoms with E-state index in [1.807, 2.05) is 29.3 Å². The Morgan fingerprint density at radius 3 is 2.70 bits per heavy atom. The summed E-state index contributed by atoms with van der Waals surface area (Å²) in [5.41, 5.74) is 2.13. The molecule has 0 saturated carbocycles. The van der Waals surface area contributed by atoms with Crippen molar-refractivity contribution in [3.8, 4) is 11.3 Å². The minimum absolute atomic E-state index is 0.183. The van der Waals surface area contributed by atoms with Gasteiger partial charge in [0.25, 0.3) is 0 Å². The van der Waals surface area contributed by atoms with Gasteiger partial charge in [-0.1, -0.05) is 30.3 Å². The van der Waals surface area contributed by atoms with Gasteiger partial charge in [-0.05, 0) is 19.4 Å². The largest absolute Gasteiger partial charge is 0.342 e. The molecular weight excluding hydrogens is 250 g/mol. The highest BCUT2D eigenvalue weighted by Gasteiger charge is 2.33. The molecule has 0 radical (unpaired) electrons. The lowest BCUT2D eigenvalue weighted by molar-refractivity contribution is -0.129. The highest BCUT2D eigenvalue weighted by Crippen LogP contribution is 2.29. The highest BCUT2D eigenvalue weighted by molar-refractivity contribution is 5.79. The molecule has 2 aromatic rings. The number of nitrogens with one attached hydrogen (secondary N) is 1. The van der Waals surface area contributed by atoms with Crippen molar-refractivity contribution < 1.29 is 4.79 Å². The second kappa shape index (κ2) is 5.12. The highest BCUT2D eigenvalue weighted by atomic mass is 16.2. The lowest BCUT2D eigenvalue weighted by Gasteiger charge is -2.20. The first-order valence-electron chi connectivity index (χ1n) is 7.05. The third-order valence-corrected chi connectivity index (χ3v) is 3.85. The topological polar surface area (TPSA) is 49.0 Å². The molecule has 0 unspecified atom stereocenters. The van der Waals surface area contributed by atoms with Gasteiger partial charge in [0.1, 0.15) is 5.82 Å². The number of carbonyl (C=O) groups is 1. The van der Waals surface area contributed by atoms with Crippen molar-refractivity contribution >= 4 is 5.91 Å².